The highest BCUT2D eigenvalue weighted by atomic mass is 79.9. The van der Waals surface area contributed by atoms with Gasteiger partial charge in [0.15, 0.2) is 0 Å². The molecule has 0 unspecified atom stereocenters. The molecule has 2 aromatic carbocycles. The Labute approximate surface area is 128 Å². The van der Waals surface area contributed by atoms with Gasteiger partial charge in [0, 0.05) is 18.1 Å². The molecule has 0 spiro atoms. The van der Waals surface area contributed by atoms with Gasteiger partial charge in [-0.1, -0.05) is 46.3 Å². The largest absolute Gasteiger partial charge is 0.368 e. The van der Waals surface area contributed by atoms with Crippen LogP contribution in [0, 0.1) is 6.92 Å². The third-order valence-corrected chi connectivity index (χ3v) is 3.62. The first-order valence-electron chi connectivity index (χ1n) is 6.46. The summed E-state index contributed by atoms with van der Waals surface area (Å²) in [5.74, 6) is 0. The highest BCUT2D eigenvalue weighted by Gasteiger charge is 2.12. The number of halogens is 1. The van der Waals surface area contributed by atoms with Crippen LogP contribution in [0.1, 0.15) is 11.1 Å². The molecule has 4 heteroatoms. The molecule has 0 heterocycles. The van der Waals surface area contributed by atoms with Gasteiger partial charge >= 0.3 is 0 Å². The summed E-state index contributed by atoms with van der Waals surface area (Å²) in [5.41, 5.74) is 7.48. The molecule has 0 saturated carbocycles. The second-order valence-corrected chi connectivity index (χ2v) is 5.68. The van der Waals surface area contributed by atoms with Crippen LogP contribution < -0.4 is 10.4 Å². The van der Waals surface area contributed by atoms with E-state index in [9.17, 15) is 0 Å². The number of benzene rings is 2. The van der Waals surface area contributed by atoms with E-state index in [1.807, 2.05) is 6.07 Å². The van der Waals surface area contributed by atoms with E-state index in [1.54, 1.807) is 7.11 Å². The molecule has 0 radical (unpaired) electrons. The summed E-state index contributed by atoms with van der Waals surface area (Å²) < 4.78 is 1.06. The van der Waals surface area contributed by atoms with E-state index in [-0.39, 0.29) is 0 Å². The van der Waals surface area contributed by atoms with E-state index in [4.69, 9.17) is 4.84 Å². The smallest absolute Gasteiger partial charge is 0.0867 e. The summed E-state index contributed by atoms with van der Waals surface area (Å²) in [6, 6.07) is 14.6. The van der Waals surface area contributed by atoms with Crippen LogP contribution in [0.3, 0.4) is 0 Å². The van der Waals surface area contributed by atoms with E-state index in [2.05, 4.69) is 76.7 Å². The van der Waals surface area contributed by atoms with Crippen molar-refractivity contribution in [2.45, 2.75) is 13.5 Å². The SMILES string of the molecule is CONc1c(C)cc(Br)cc1N(C)Cc1ccccc1. The van der Waals surface area contributed by atoms with Gasteiger partial charge in [-0.2, -0.15) is 0 Å². The molecule has 2 aromatic rings. The number of nitrogens with one attached hydrogen (secondary N) is 1. The van der Waals surface area contributed by atoms with Gasteiger partial charge in [0.25, 0.3) is 0 Å². The van der Waals surface area contributed by atoms with Crippen molar-refractivity contribution in [1.29, 1.82) is 0 Å². The van der Waals surface area contributed by atoms with Crippen LogP contribution in [-0.2, 0) is 11.4 Å². The Balaban J connectivity index is 2.30. The second-order valence-electron chi connectivity index (χ2n) is 4.76. The van der Waals surface area contributed by atoms with Crippen LogP contribution >= 0.6 is 15.9 Å². The van der Waals surface area contributed by atoms with Crippen LogP contribution in [-0.4, -0.2) is 14.2 Å². The van der Waals surface area contributed by atoms with Gasteiger partial charge in [-0.05, 0) is 30.2 Å². The van der Waals surface area contributed by atoms with Gasteiger partial charge < -0.3 is 4.90 Å². The first kappa shape index (κ1) is 14.9. The highest BCUT2D eigenvalue weighted by molar-refractivity contribution is 9.10. The molecule has 1 N–H and O–H groups in total. The van der Waals surface area contributed by atoms with E-state index in [0.29, 0.717) is 0 Å². The highest BCUT2D eigenvalue weighted by Crippen LogP contribution is 2.33. The second kappa shape index (κ2) is 6.77. The van der Waals surface area contributed by atoms with Crippen molar-refractivity contribution in [3.8, 4) is 0 Å². The number of aryl methyl sites for hydroxylation is 1. The maximum absolute atomic E-state index is 5.10. The Morgan fingerprint density at radius 2 is 1.90 bits per heavy atom. The minimum Gasteiger partial charge on any atom is -0.368 e. The lowest BCUT2D eigenvalue weighted by Crippen LogP contribution is -2.18. The van der Waals surface area contributed by atoms with Crippen molar-refractivity contribution in [3.63, 3.8) is 0 Å². The molecule has 0 amide bonds. The quantitative estimate of drug-likeness (QED) is 0.822. The Morgan fingerprint density at radius 3 is 2.55 bits per heavy atom. The van der Waals surface area contributed by atoms with Gasteiger partial charge in [0.2, 0.25) is 0 Å². The van der Waals surface area contributed by atoms with Gasteiger partial charge in [-0.25, -0.2) is 0 Å². The molecule has 3 nitrogen and oxygen atoms in total. The van der Waals surface area contributed by atoms with Crippen molar-refractivity contribution >= 4 is 27.3 Å². The summed E-state index contributed by atoms with van der Waals surface area (Å²) in [4.78, 5) is 7.30. The zero-order chi connectivity index (χ0) is 14.5. The molecular weight excluding hydrogens is 316 g/mol. The Hall–Kier alpha value is -1.52. The average molecular weight is 335 g/mol. The van der Waals surface area contributed by atoms with E-state index in [0.717, 1.165) is 28.0 Å². The molecular formula is C16H19BrN2O. The normalized spacial score (nSPS) is 10.4. The fraction of sp³-hybridized carbons (Fsp3) is 0.250. The Morgan fingerprint density at radius 1 is 1.20 bits per heavy atom. The summed E-state index contributed by atoms with van der Waals surface area (Å²) in [7, 11) is 3.71. The van der Waals surface area contributed by atoms with Gasteiger partial charge in [0.05, 0.1) is 18.5 Å². The lowest BCUT2D eigenvalue weighted by molar-refractivity contribution is 0.271. The van der Waals surface area contributed by atoms with Crippen LogP contribution in [0.25, 0.3) is 0 Å². The minimum atomic E-state index is 0.842. The molecule has 0 atom stereocenters. The van der Waals surface area contributed by atoms with Crippen LogP contribution in [0.15, 0.2) is 46.9 Å². The van der Waals surface area contributed by atoms with Gasteiger partial charge in [0.1, 0.15) is 0 Å². The number of rotatable bonds is 5. The number of hydrogen-bond acceptors (Lipinski definition) is 3. The van der Waals surface area contributed by atoms with E-state index < -0.39 is 0 Å². The van der Waals surface area contributed by atoms with Crippen molar-refractivity contribution in [3.05, 3.63) is 58.1 Å². The summed E-state index contributed by atoms with van der Waals surface area (Å²) >= 11 is 3.56. The lowest BCUT2D eigenvalue weighted by Gasteiger charge is -2.24. The molecule has 0 aliphatic heterocycles. The van der Waals surface area contributed by atoms with Crippen molar-refractivity contribution in [2.75, 3.05) is 24.5 Å². The lowest BCUT2D eigenvalue weighted by atomic mass is 10.1. The summed E-state index contributed by atoms with van der Waals surface area (Å²) in [6.07, 6.45) is 0. The average Bonchev–Trinajstić information content (AvgIpc) is 2.42. The standard InChI is InChI=1S/C16H19BrN2O/c1-12-9-14(17)10-15(16(12)18-20-3)19(2)11-13-7-5-4-6-8-13/h4-10,18H,11H2,1-3H3. The topological polar surface area (TPSA) is 24.5 Å². The molecule has 0 aliphatic carbocycles. The van der Waals surface area contributed by atoms with Crippen molar-refractivity contribution in [2.24, 2.45) is 0 Å². The van der Waals surface area contributed by atoms with Crippen LogP contribution in [0.2, 0.25) is 0 Å². The van der Waals surface area contributed by atoms with Crippen molar-refractivity contribution in [1.82, 2.24) is 0 Å². The molecule has 0 aliphatic rings. The maximum Gasteiger partial charge on any atom is 0.0867 e. The van der Waals surface area contributed by atoms with E-state index >= 15 is 0 Å². The number of nitrogens with zero attached hydrogens (tertiary/aromatic N) is 1. The molecule has 106 valence electrons. The summed E-state index contributed by atoms with van der Waals surface area (Å²) in [5, 5.41) is 0. The fourth-order valence-electron chi connectivity index (χ4n) is 2.20. The predicted molar refractivity (Wildman–Crippen MR) is 88.1 cm³/mol. The Bertz CT molecular complexity index is 572. The monoisotopic (exact) mass is 334 g/mol. The fourth-order valence-corrected chi connectivity index (χ4v) is 2.76. The minimum absolute atomic E-state index is 0.842. The van der Waals surface area contributed by atoms with Crippen molar-refractivity contribution < 1.29 is 4.84 Å². The predicted octanol–water partition coefficient (Wildman–Crippen LogP) is 4.37. The molecule has 0 fully saturated rings. The van der Waals surface area contributed by atoms with Crippen LogP contribution in [0.4, 0.5) is 11.4 Å². The van der Waals surface area contributed by atoms with Crippen LogP contribution in [0.5, 0.6) is 0 Å². The molecule has 0 bridgehead atoms. The molecule has 20 heavy (non-hydrogen) atoms. The third kappa shape index (κ3) is 3.52. The maximum atomic E-state index is 5.10. The zero-order valence-corrected chi connectivity index (χ0v) is 13.6. The van der Waals surface area contributed by atoms with E-state index in [1.165, 1.54) is 5.56 Å². The number of hydrogen-bond donors (Lipinski definition) is 1. The third-order valence-electron chi connectivity index (χ3n) is 3.16. The van der Waals surface area contributed by atoms with Gasteiger partial charge in [-0.15, -0.1) is 0 Å². The first-order valence-corrected chi connectivity index (χ1v) is 7.25. The Kier molecular flexibility index (Phi) is 5.04. The molecule has 0 aromatic heterocycles. The van der Waals surface area contributed by atoms with Gasteiger partial charge in [-0.3, -0.25) is 10.3 Å². The summed E-state index contributed by atoms with van der Waals surface area (Å²) in [6.45, 7) is 2.90. The molecule has 2 rings (SSSR count). The first-order chi connectivity index (χ1) is 9.61. The number of anilines is 2. The zero-order valence-electron chi connectivity index (χ0n) is 12.0. The molecule has 0 saturated heterocycles.